The SMILES string of the molecule is CCC(C)C(NC(C)C1CCCCC1)C(=O)OC. The van der Waals surface area contributed by atoms with E-state index in [9.17, 15) is 4.79 Å². The molecule has 0 aromatic heterocycles. The second-order valence-electron chi connectivity index (χ2n) is 5.74. The Kier molecular flexibility index (Phi) is 6.69. The summed E-state index contributed by atoms with van der Waals surface area (Å²) in [4.78, 5) is 11.8. The summed E-state index contributed by atoms with van der Waals surface area (Å²) < 4.78 is 4.92. The van der Waals surface area contributed by atoms with E-state index < -0.39 is 0 Å². The Bertz CT molecular complexity index is 249. The second kappa shape index (κ2) is 7.78. The molecule has 0 aromatic carbocycles. The lowest BCUT2D eigenvalue weighted by atomic mass is 9.84. The summed E-state index contributed by atoms with van der Waals surface area (Å²) in [6.07, 6.45) is 7.62. The van der Waals surface area contributed by atoms with Gasteiger partial charge in [-0.25, -0.2) is 0 Å². The third kappa shape index (κ3) is 4.27. The van der Waals surface area contributed by atoms with Crippen LogP contribution in [0.1, 0.15) is 59.3 Å². The van der Waals surface area contributed by atoms with Crippen molar-refractivity contribution in [3.05, 3.63) is 0 Å². The van der Waals surface area contributed by atoms with E-state index in [4.69, 9.17) is 4.74 Å². The summed E-state index contributed by atoms with van der Waals surface area (Å²) in [6, 6.07) is 0.250. The van der Waals surface area contributed by atoms with Crippen LogP contribution in [0, 0.1) is 11.8 Å². The molecule has 0 spiro atoms. The van der Waals surface area contributed by atoms with Crippen LogP contribution < -0.4 is 5.32 Å². The highest BCUT2D eigenvalue weighted by atomic mass is 16.5. The van der Waals surface area contributed by atoms with E-state index in [0.717, 1.165) is 12.3 Å². The van der Waals surface area contributed by atoms with Gasteiger partial charge in [-0.1, -0.05) is 39.5 Å². The summed E-state index contributed by atoms with van der Waals surface area (Å²) in [5.74, 6) is 0.922. The lowest BCUT2D eigenvalue weighted by Gasteiger charge is -2.32. The molecule has 1 aliphatic carbocycles. The number of carbonyl (C=O) groups excluding carboxylic acids is 1. The van der Waals surface area contributed by atoms with E-state index in [-0.39, 0.29) is 12.0 Å². The normalized spacial score (nSPS) is 22.2. The molecular weight excluding hydrogens is 226 g/mol. The van der Waals surface area contributed by atoms with Crippen molar-refractivity contribution in [3.8, 4) is 0 Å². The number of rotatable bonds is 6. The minimum Gasteiger partial charge on any atom is -0.468 e. The maximum absolute atomic E-state index is 11.8. The summed E-state index contributed by atoms with van der Waals surface area (Å²) >= 11 is 0. The molecule has 0 heterocycles. The zero-order valence-corrected chi connectivity index (χ0v) is 12.4. The largest absolute Gasteiger partial charge is 0.468 e. The van der Waals surface area contributed by atoms with E-state index in [1.807, 2.05) is 0 Å². The Morgan fingerprint density at radius 1 is 1.28 bits per heavy atom. The molecular formula is C15H29NO2. The Labute approximate surface area is 112 Å². The summed E-state index contributed by atoms with van der Waals surface area (Å²) in [5, 5.41) is 3.51. The number of hydrogen-bond donors (Lipinski definition) is 1. The van der Waals surface area contributed by atoms with Crippen molar-refractivity contribution in [2.24, 2.45) is 11.8 Å². The molecule has 3 unspecified atom stereocenters. The first-order chi connectivity index (χ1) is 8.60. The van der Waals surface area contributed by atoms with Gasteiger partial charge in [0.2, 0.25) is 0 Å². The topological polar surface area (TPSA) is 38.3 Å². The summed E-state index contributed by atoms with van der Waals surface area (Å²) in [5.41, 5.74) is 0. The molecule has 3 heteroatoms. The Hall–Kier alpha value is -0.570. The first-order valence-corrected chi connectivity index (χ1v) is 7.44. The van der Waals surface area contributed by atoms with E-state index >= 15 is 0 Å². The van der Waals surface area contributed by atoms with Crippen molar-refractivity contribution in [3.63, 3.8) is 0 Å². The van der Waals surface area contributed by atoms with Gasteiger partial charge in [0, 0.05) is 6.04 Å². The van der Waals surface area contributed by atoms with Crippen molar-refractivity contribution >= 4 is 5.97 Å². The van der Waals surface area contributed by atoms with E-state index in [0.29, 0.717) is 12.0 Å². The number of hydrogen-bond acceptors (Lipinski definition) is 3. The third-order valence-electron chi connectivity index (χ3n) is 4.47. The van der Waals surface area contributed by atoms with Crippen molar-refractivity contribution in [2.75, 3.05) is 7.11 Å². The first kappa shape index (κ1) is 15.5. The highest BCUT2D eigenvalue weighted by Gasteiger charge is 2.29. The Morgan fingerprint density at radius 3 is 2.39 bits per heavy atom. The van der Waals surface area contributed by atoms with Crippen LogP contribution in [0.25, 0.3) is 0 Å². The fourth-order valence-electron chi connectivity index (χ4n) is 2.88. The van der Waals surface area contributed by atoms with Crippen LogP contribution in [-0.4, -0.2) is 25.2 Å². The van der Waals surface area contributed by atoms with Crippen LogP contribution in [0.5, 0.6) is 0 Å². The van der Waals surface area contributed by atoms with Gasteiger partial charge in [-0.05, 0) is 31.6 Å². The fraction of sp³-hybridized carbons (Fsp3) is 0.933. The number of nitrogens with one attached hydrogen (secondary N) is 1. The molecule has 106 valence electrons. The highest BCUT2D eigenvalue weighted by molar-refractivity contribution is 5.76. The maximum atomic E-state index is 11.8. The van der Waals surface area contributed by atoms with Crippen LogP contribution in [0.3, 0.4) is 0 Å². The number of ether oxygens (including phenoxy) is 1. The van der Waals surface area contributed by atoms with Gasteiger partial charge < -0.3 is 10.1 Å². The van der Waals surface area contributed by atoms with Gasteiger partial charge >= 0.3 is 5.97 Å². The standard InChI is InChI=1S/C15H29NO2/c1-5-11(2)14(15(17)18-4)16-12(3)13-9-7-6-8-10-13/h11-14,16H,5-10H2,1-4H3. The van der Waals surface area contributed by atoms with Crippen molar-refractivity contribution in [1.82, 2.24) is 5.32 Å². The molecule has 18 heavy (non-hydrogen) atoms. The molecule has 1 fully saturated rings. The third-order valence-corrected chi connectivity index (χ3v) is 4.47. The van der Waals surface area contributed by atoms with Crippen LogP contribution in [0.15, 0.2) is 0 Å². The number of esters is 1. The van der Waals surface area contributed by atoms with Gasteiger partial charge in [0.15, 0.2) is 0 Å². The lowest BCUT2D eigenvalue weighted by molar-refractivity contribution is -0.145. The monoisotopic (exact) mass is 255 g/mol. The molecule has 0 aromatic rings. The van der Waals surface area contributed by atoms with E-state index in [2.05, 4.69) is 26.1 Å². The van der Waals surface area contributed by atoms with Gasteiger partial charge in [0.05, 0.1) is 7.11 Å². The van der Waals surface area contributed by atoms with Crippen LogP contribution in [0.4, 0.5) is 0 Å². The van der Waals surface area contributed by atoms with E-state index in [1.165, 1.54) is 39.2 Å². The molecule has 0 saturated heterocycles. The molecule has 1 aliphatic rings. The molecule has 0 amide bonds. The number of methoxy groups -OCH3 is 1. The molecule has 3 nitrogen and oxygen atoms in total. The average Bonchev–Trinajstić information content (AvgIpc) is 2.43. The molecule has 1 rings (SSSR count). The quantitative estimate of drug-likeness (QED) is 0.741. The van der Waals surface area contributed by atoms with Crippen LogP contribution in [0.2, 0.25) is 0 Å². The van der Waals surface area contributed by atoms with Gasteiger partial charge in [-0.15, -0.1) is 0 Å². The number of carbonyl (C=O) groups is 1. The molecule has 3 atom stereocenters. The maximum Gasteiger partial charge on any atom is 0.323 e. The predicted molar refractivity (Wildman–Crippen MR) is 74.4 cm³/mol. The molecule has 1 saturated carbocycles. The molecule has 0 aliphatic heterocycles. The molecule has 0 bridgehead atoms. The fourth-order valence-corrected chi connectivity index (χ4v) is 2.88. The van der Waals surface area contributed by atoms with Crippen LogP contribution >= 0.6 is 0 Å². The van der Waals surface area contributed by atoms with Gasteiger partial charge in [0.1, 0.15) is 6.04 Å². The Morgan fingerprint density at radius 2 is 1.89 bits per heavy atom. The lowest BCUT2D eigenvalue weighted by Crippen LogP contribution is -2.49. The van der Waals surface area contributed by atoms with E-state index in [1.54, 1.807) is 0 Å². The van der Waals surface area contributed by atoms with Gasteiger partial charge in [-0.2, -0.15) is 0 Å². The predicted octanol–water partition coefficient (Wildman–Crippen LogP) is 3.13. The minimum absolute atomic E-state index is 0.119. The average molecular weight is 255 g/mol. The van der Waals surface area contributed by atoms with Gasteiger partial charge in [0.25, 0.3) is 0 Å². The molecule has 1 N–H and O–H groups in total. The minimum atomic E-state index is -0.156. The molecule has 0 radical (unpaired) electrons. The summed E-state index contributed by atoms with van der Waals surface area (Å²) in [6.45, 7) is 6.45. The summed E-state index contributed by atoms with van der Waals surface area (Å²) in [7, 11) is 1.48. The van der Waals surface area contributed by atoms with Gasteiger partial charge in [-0.3, -0.25) is 4.79 Å². The zero-order chi connectivity index (χ0) is 13.5. The Balaban J connectivity index is 2.55. The van der Waals surface area contributed by atoms with Crippen molar-refractivity contribution in [1.29, 1.82) is 0 Å². The second-order valence-corrected chi connectivity index (χ2v) is 5.74. The first-order valence-electron chi connectivity index (χ1n) is 7.44. The zero-order valence-electron chi connectivity index (χ0n) is 12.4. The van der Waals surface area contributed by atoms with Crippen molar-refractivity contribution < 1.29 is 9.53 Å². The van der Waals surface area contributed by atoms with Crippen LogP contribution in [-0.2, 0) is 9.53 Å². The smallest absolute Gasteiger partial charge is 0.323 e. The van der Waals surface area contributed by atoms with Crippen molar-refractivity contribution in [2.45, 2.75) is 71.4 Å². The highest BCUT2D eigenvalue weighted by Crippen LogP contribution is 2.27.